The minimum atomic E-state index is -0.680. The van der Waals surface area contributed by atoms with Crippen molar-refractivity contribution < 1.29 is 14.7 Å². The lowest BCUT2D eigenvalue weighted by molar-refractivity contribution is -0.142. The zero-order valence-electron chi connectivity index (χ0n) is 10.2. The molecule has 2 rings (SSSR count). The summed E-state index contributed by atoms with van der Waals surface area (Å²) in [5, 5.41) is 11.9. The highest BCUT2D eigenvalue weighted by molar-refractivity contribution is 5.76. The first-order valence-corrected chi connectivity index (χ1v) is 6.38. The van der Waals surface area contributed by atoms with E-state index >= 15 is 0 Å². The van der Waals surface area contributed by atoms with Crippen molar-refractivity contribution in [3.05, 3.63) is 0 Å². The largest absolute Gasteiger partial charge is 0.481 e. The molecule has 2 heterocycles. The summed E-state index contributed by atoms with van der Waals surface area (Å²) in [5.41, 5.74) is 0. The number of carboxylic acids is 1. The van der Waals surface area contributed by atoms with Crippen molar-refractivity contribution in [2.45, 2.75) is 44.7 Å². The molecule has 2 fully saturated rings. The Kier molecular flexibility index (Phi) is 3.66. The lowest BCUT2D eigenvalue weighted by Gasteiger charge is -2.22. The van der Waals surface area contributed by atoms with E-state index in [1.54, 1.807) is 0 Å². The number of hydrogen-bond donors (Lipinski definition) is 2. The average molecular weight is 240 g/mol. The molecule has 2 aliphatic rings. The van der Waals surface area contributed by atoms with Crippen LogP contribution in [0.2, 0.25) is 0 Å². The van der Waals surface area contributed by atoms with Gasteiger partial charge in [0, 0.05) is 31.6 Å². The molecular weight excluding hydrogens is 220 g/mol. The van der Waals surface area contributed by atoms with Gasteiger partial charge in [0.1, 0.15) is 0 Å². The van der Waals surface area contributed by atoms with Crippen LogP contribution in [0, 0.1) is 5.92 Å². The molecule has 5 heteroatoms. The van der Waals surface area contributed by atoms with Crippen molar-refractivity contribution in [3.63, 3.8) is 0 Å². The Morgan fingerprint density at radius 2 is 2.18 bits per heavy atom. The first kappa shape index (κ1) is 12.4. The van der Waals surface area contributed by atoms with Gasteiger partial charge in [0.15, 0.2) is 0 Å². The van der Waals surface area contributed by atoms with Crippen LogP contribution >= 0.6 is 0 Å². The van der Waals surface area contributed by atoms with Crippen molar-refractivity contribution in [3.8, 4) is 0 Å². The van der Waals surface area contributed by atoms with E-state index in [9.17, 15) is 9.59 Å². The topological polar surface area (TPSA) is 69.6 Å². The number of carbonyl (C=O) groups excluding carboxylic acids is 1. The summed E-state index contributed by atoms with van der Waals surface area (Å²) in [4.78, 5) is 24.7. The number of amides is 1. The minimum absolute atomic E-state index is 0.0608. The third-order valence-electron chi connectivity index (χ3n) is 3.97. The molecule has 17 heavy (non-hydrogen) atoms. The Bertz CT molecular complexity index is 319. The van der Waals surface area contributed by atoms with Gasteiger partial charge in [-0.3, -0.25) is 14.5 Å². The van der Waals surface area contributed by atoms with Gasteiger partial charge in [-0.15, -0.1) is 0 Å². The molecule has 2 saturated heterocycles. The summed E-state index contributed by atoms with van der Waals surface area (Å²) in [5.74, 6) is -0.839. The zero-order chi connectivity index (χ0) is 12.4. The molecule has 1 amide bonds. The van der Waals surface area contributed by atoms with Crippen molar-refractivity contribution in [1.82, 2.24) is 10.2 Å². The highest BCUT2D eigenvalue weighted by atomic mass is 16.4. The zero-order valence-corrected chi connectivity index (χ0v) is 10.2. The Labute approximate surface area is 101 Å². The van der Waals surface area contributed by atoms with Gasteiger partial charge >= 0.3 is 5.97 Å². The molecule has 96 valence electrons. The van der Waals surface area contributed by atoms with Gasteiger partial charge in [-0.25, -0.2) is 0 Å². The molecule has 0 radical (unpaired) electrons. The van der Waals surface area contributed by atoms with E-state index in [0.717, 1.165) is 19.3 Å². The fraction of sp³-hybridized carbons (Fsp3) is 0.833. The van der Waals surface area contributed by atoms with Crippen LogP contribution < -0.4 is 5.32 Å². The van der Waals surface area contributed by atoms with Crippen LogP contribution in [0.4, 0.5) is 0 Å². The summed E-state index contributed by atoms with van der Waals surface area (Å²) >= 11 is 0. The van der Waals surface area contributed by atoms with Crippen LogP contribution in [0.25, 0.3) is 0 Å². The van der Waals surface area contributed by atoms with Crippen molar-refractivity contribution in [1.29, 1.82) is 0 Å². The lowest BCUT2D eigenvalue weighted by atomic mass is 9.89. The number of hydrogen-bond acceptors (Lipinski definition) is 3. The fourth-order valence-corrected chi connectivity index (χ4v) is 3.23. The molecule has 2 aliphatic heterocycles. The predicted octanol–water partition coefficient (Wildman–Crippen LogP) is 0.450. The molecule has 0 spiro atoms. The van der Waals surface area contributed by atoms with E-state index in [2.05, 4.69) is 10.2 Å². The van der Waals surface area contributed by atoms with Gasteiger partial charge in [-0.05, 0) is 26.2 Å². The first-order valence-electron chi connectivity index (χ1n) is 6.38. The normalized spacial score (nSPS) is 31.7. The molecule has 5 nitrogen and oxygen atoms in total. The molecule has 2 bridgehead atoms. The van der Waals surface area contributed by atoms with Gasteiger partial charge in [0.05, 0.1) is 5.92 Å². The number of carbonyl (C=O) groups is 2. The van der Waals surface area contributed by atoms with E-state index in [1.165, 1.54) is 0 Å². The molecule has 0 aromatic carbocycles. The van der Waals surface area contributed by atoms with Crippen molar-refractivity contribution in [2.24, 2.45) is 5.92 Å². The number of carboxylic acid groups (broad SMARTS) is 1. The second kappa shape index (κ2) is 5.04. The van der Waals surface area contributed by atoms with Gasteiger partial charge in [0.25, 0.3) is 0 Å². The number of aliphatic carboxylic acids is 1. The third-order valence-corrected chi connectivity index (χ3v) is 3.97. The SMILES string of the molecule is CCNC(=O)CCN1C2CCC1C(C(=O)O)C2. The maximum Gasteiger partial charge on any atom is 0.308 e. The van der Waals surface area contributed by atoms with Gasteiger partial charge in [-0.2, -0.15) is 0 Å². The van der Waals surface area contributed by atoms with Gasteiger partial charge in [-0.1, -0.05) is 0 Å². The smallest absolute Gasteiger partial charge is 0.308 e. The van der Waals surface area contributed by atoms with E-state index in [-0.39, 0.29) is 17.9 Å². The summed E-state index contributed by atoms with van der Waals surface area (Å²) < 4.78 is 0. The predicted molar refractivity (Wildman–Crippen MR) is 62.6 cm³/mol. The Morgan fingerprint density at radius 3 is 2.76 bits per heavy atom. The highest BCUT2D eigenvalue weighted by Crippen LogP contribution is 2.41. The molecule has 0 aromatic heterocycles. The maximum atomic E-state index is 11.4. The lowest BCUT2D eigenvalue weighted by Crippen LogP contribution is -2.36. The molecule has 3 atom stereocenters. The summed E-state index contributed by atoms with van der Waals surface area (Å²) in [6, 6.07) is 0.544. The van der Waals surface area contributed by atoms with E-state index in [4.69, 9.17) is 5.11 Å². The number of nitrogens with one attached hydrogen (secondary N) is 1. The van der Waals surface area contributed by atoms with E-state index < -0.39 is 5.97 Å². The molecule has 0 saturated carbocycles. The molecular formula is C12H20N2O3. The Hall–Kier alpha value is -1.10. The average Bonchev–Trinajstić information content (AvgIpc) is 2.83. The summed E-state index contributed by atoms with van der Waals surface area (Å²) in [6.07, 6.45) is 3.30. The van der Waals surface area contributed by atoms with Crippen LogP contribution in [-0.2, 0) is 9.59 Å². The Morgan fingerprint density at radius 1 is 1.41 bits per heavy atom. The van der Waals surface area contributed by atoms with E-state index in [1.807, 2.05) is 6.92 Å². The Balaban J connectivity index is 1.86. The van der Waals surface area contributed by atoms with Crippen LogP contribution in [0.5, 0.6) is 0 Å². The van der Waals surface area contributed by atoms with Gasteiger partial charge < -0.3 is 10.4 Å². The van der Waals surface area contributed by atoms with Crippen LogP contribution in [-0.4, -0.2) is 47.1 Å². The summed E-state index contributed by atoms with van der Waals surface area (Å²) in [7, 11) is 0. The summed E-state index contributed by atoms with van der Waals surface area (Å²) in [6.45, 7) is 3.26. The second-order valence-electron chi connectivity index (χ2n) is 4.92. The standard InChI is InChI=1S/C12H20N2O3/c1-2-13-11(15)5-6-14-8-3-4-10(14)9(7-8)12(16)17/h8-10H,2-7H2,1H3,(H,13,15)(H,16,17). The van der Waals surface area contributed by atoms with Crippen LogP contribution in [0.3, 0.4) is 0 Å². The number of fused-ring (bicyclic) bond motifs is 2. The number of rotatable bonds is 5. The van der Waals surface area contributed by atoms with Gasteiger partial charge in [0.2, 0.25) is 5.91 Å². The molecule has 0 aliphatic carbocycles. The van der Waals surface area contributed by atoms with Crippen LogP contribution in [0.1, 0.15) is 32.6 Å². The molecule has 0 aromatic rings. The fourth-order valence-electron chi connectivity index (χ4n) is 3.23. The van der Waals surface area contributed by atoms with Crippen LogP contribution in [0.15, 0.2) is 0 Å². The van der Waals surface area contributed by atoms with E-state index in [0.29, 0.717) is 25.6 Å². The monoisotopic (exact) mass is 240 g/mol. The highest BCUT2D eigenvalue weighted by Gasteiger charge is 2.48. The molecule has 2 N–H and O–H groups in total. The van der Waals surface area contributed by atoms with Crippen molar-refractivity contribution in [2.75, 3.05) is 13.1 Å². The van der Waals surface area contributed by atoms with Crippen molar-refractivity contribution >= 4 is 11.9 Å². The molecule has 3 unspecified atom stereocenters. The quantitative estimate of drug-likeness (QED) is 0.732. The maximum absolute atomic E-state index is 11.4. The number of nitrogens with zero attached hydrogens (tertiary/aromatic N) is 1. The third kappa shape index (κ3) is 2.44. The first-order chi connectivity index (χ1) is 8.13. The second-order valence-corrected chi connectivity index (χ2v) is 4.92. The minimum Gasteiger partial charge on any atom is -0.481 e.